The number of rotatable bonds is 6. The number of sulfone groups is 1. The minimum absolute atomic E-state index is 0.198. The van der Waals surface area contributed by atoms with Crippen molar-refractivity contribution in [3.8, 4) is 0 Å². The molecule has 1 aromatic rings. The SMILES string of the molecule is C=CCS(=O)(=O)C(C)C(=O)NCc1ccncc1. The van der Waals surface area contributed by atoms with Crippen LogP contribution < -0.4 is 5.32 Å². The molecule has 1 aromatic heterocycles. The maximum Gasteiger partial charge on any atom is 0.238 e. The summed E-state index contributed by atoms with van der Waals surface area (Å²) in [5.74, 6) is -0.703. The molecule has 6 heteroatoms. The van der Waals surface area contributed by atoms with Gasteiger partial charge >= 0.3 is 0 Å². The highest BCUT2D eigenvalue weighted by atomic mass is 32.2. The molecular formula is C12H16N2O3S. The molecule has 0 aromatic carbocycles. The topological polar surface area (TPSA) is 76.1 Å². The molecule has 0 fully saturated rings. The molecule has 98 valence electrons. The lowest BCUT2D eigenvalue weighted by molar-refractivity contribution is -0.120. The molecule has 0 saturated heterocycles. The van der Waals surface area contributed by atoms with Crippen LogP contribution in [0.3, 0.4) is 0 Å². The van der Waals surface area contributed by atoms with Crippen LogP contribution in [0.25, 0.3) is 0 Å². The van der Waals surface area contributed by atoms with Crippen molar-refractivity contribution in [2.75, 3.05) is 5.75 Å². The molecule has 0 radical (unpaired) electrons. The van der Waals surface area contributed by atoms with Crippen molar-refractivity contribution in [1.82, 2.24) is 10.3 Å². The van der Waals surface area contributed by atoms with E-state index in [1.807, 2.05) is 0 Å². The second-order valence-electron chi connectivity index (χ2n) is 3.83. The Morgan fingerprint density at radius 3 is 2.67 bits per heavy atom. The van der Waals surface area contributed by atoms with Gasteiger partial charge in [0, 0.05) is 18.9 Å². The molecule has 0 aliphatic rings. The fourth-order valence-corrected chi connectivity index (χ4v) is 2.33. The summed E-state index contributed by atoms with van der Waals surface area (Å²) in [5.41, 5.74) is 0.867. The number of hydrogen-bond donors (Lipinski definition) is 1. The molecule has 1 atom stereocenters. The average molecular weight is 268 g/mol. The van der Waals surface area contributed by atoms with Crippen LogP contribution in [-0.4, -0.2) is 30.3 Å². The molecule has 18 heavy (non-hydrogen) atoms. The van der Waals surface area contributed by atoms with Gasteiger partial charge in [-0.1, -0.05) is 6.08 Å². The fourth-order valence-electron chi connectivity index (χ4n) is 1.31. The smallest absolute Gasteiger partial charge is 0.238 e. The highest BCUT2D eigenvalue weighted by molar-refractivity contribution is 7.92. The summed E-state index contributed by atoms with van der Waals surface area (Å²) in [4.78, 5) is 15.5. The Hall–Kier alpha value is -1.69. The van der Waals surface area contributed by atoms with Gasteiger partial charge in [0.25, 0.3) is 0 Å². The molecule has 1 rings (SSSR count). The number of aromatic nitrogens is 1. The number of nitrogens with zero attached hydrogens (tertiary/aromatic N) is 1. The number of pyridine rings is 1. The first-order valence-corrected chi connectivity index (χ1v) is 7.18. The Morgan fingerprint density at radius 2 is 2.11 bits per heavy atom. The normalized spacial score (nSPS) is 12.7. The third-order valence-electron chi connectivity index (χ3n) is 2.47. The number of nitrogens with one attached hydrogen (secondary N) is 1. The molecule has 1 unspecified atom stereocenters. The first-order chi connectivity index (χ1) is 8.47. The van der Waals surface area contributed by atoms with Crippen molar-refractivity contribution in [3.63, 3.8) is 0 Å². The maximum atomic E-state index is 11.7. The van der Waals surface area contributed by atoms with Gasteiger partial charge in [-0.3, -0.25) is 9.78 Å². The summed E-state index contributed by atoms with van der Waals surface area (Å²) in [7, 11) is -3.46. The lowest BCUT2D eigenvalue weighted by atomic mass is 10.2. The number of hydrogen-bond acceptors (Lipinski definition) is 4. The third kappa shape index (κ3) is 3.96. The predicted molar refractivity (Wildman–Crippen MR) is 69.5 cm³/mol. The Bertz CT molecular complexity index is 511. The van der Waals surface area contributed by atoms with Gasteiger partial charge in [-0.2, -0.15) is 0 Å². The second kappa shape index (κ2) is 6.30. The van der Waals surface area contributed by atoms with Crippen LogP contribution in [0.4, 0.5) is 0 Å². The van der Waals surface area contributed by atoms with Crippen molar-refractivity contribution in [1.29, 1.82) is 0 Å². The monoisotopic (exact) mass is 268 g/mol. The van der Waals surface area contributed by atoms with Crippen molar-refractivity contribution < 1.29 is 13.2 Å². The quantitative estimate of drug-likeness (QED) is 0.770. The van der Waals surface area contributed by atoms with E-state index in [9.17, 15) is 13.2 Å². The average Bonchev–Trinajstić information content (AvgIpc) is 2.36. The standard InChI is InChI=1S/C12H16N2O3S/c1-3-8-18(16,17)10(2)12(15)14-9-11-4-6-13-7-5-11/h3-7,10H,1,8-9H2,2H3,(H,14,15). The van der Waals surface area contributed by atoms with Crippen LogP contribution in [0, 0.1) is 0 Å². The highest BCUT2D eigenvalue weighted by Gasteiger charge is 2.26. The lowest BCUT2D eigenvalue weighted by Gasteiger charge is -2.12. The summed E-state index contributed by atoms with van der Waals surface area (Å²) >= 11 is 0. The number of carbonyl (C=O) groups is 1. The summed E-state index contributed by atoms with van der Waals surface area (Å²) < 4.78 is 23.3. The van der Waals surface area contributed by atoms with E-state index in [1.54, 1.807) is 24.5 Å². The molecule has 0 bridgehead atoms. The highest BCUT2D eigenvalue weighted by Crippen LogP contribution is 2.03. The minimum atomic E-state index is -3.46. The van der Waals surface area contributed by atoms with E-state index < -0.39 is 21.0 Å². The van der Waals surface area contributed by atoms with Gasteiger partial charge < -0.3 is 5.32 Å². The van der Waals surface area contributed by atoms with Gasteiger partial charge in [-0.15, -0.1) is 6.58 Å². The van der Waals surface area contributed by atoms with E-state index in [0.717, 1.165) is 5.56 Å². The van der Waals surface area contributed by atoms with E-state index in [-0.39, 0.29) is 12.3 Å². The minimum Gasteiger partial charge on any atom is -0.351 e. The fraction of sp³-hybridized carbons (Fsp3) is 0.333. The van der Waals surface area contributed by atoms with Crippen LogP contribution in [-0.2, 0) is 21.2 Å². The summed E-state index contributed by atoms with van der Waals surface area (Å²) in [5, 5.41) is 1.51. The molecule has 1 N–H and O–H groups in total. The van der Waals surface area contributed by atoms with E-state index in [2.05, 4.69) is 16.9 Å². The Balaban J connectivity index is 2.59. The Labute approximate surface area is 107 Å². The first kappa shape index (κ1) is 14.4. The van der Waals surface area contributed by atoms with Crippen LogP contribution in [0.2, 0.25) is 0 Å². The zero-order valence-electron chi connectivity index (χ0n) is 10.2. The number of carbonyl (C=O) groups excluding carboxylic acids is 1. The van der Waals surface area contributed by atoms with Crippen LogP contribution in [0.15, 0.2) is 37.2 Å². The van der Waals surface area contributed by atoms with Crippen LogP contribution in [0.5, 0.6) is 0 Å². The van der Waals surface area contributed by atoms with Crippen LogP contribution >= 0.6 is 0 Å². The van der Waals surface area contributed by atoms with Crippen molar-refractivity contribution in [3.05, 3.63) is 42.7 Å². The summed E-state index contributed by atoms with van der Waals surface area (Å²) in [6.45, 7) is 5.03. The molecule has 0 saturated carbocycles. The molecule has 1 heterocycles. The predicted octanol–water partition coefficient (Wildman–Crippen LogP) is 0.687. The summed E-state index contributed by atoms with van der Waals surface area (Å²) in [6, 6.07) is 3.51. The first-order valence-electron chi connectivity index (χ1n) is 5.46. The third-order valence-corrected chi connectivity index (χ3v) is 4.47. The lowest BCUT2D eigenvalue weighted by Crippen LogP contribution is -2.38. The van der Waals surface area contributed by atoms with Gasteiger partial charge in [0.15, 0.2) is 9.84 Å². The zero-order chi connectivity index (χ0) is 13.6. The Morgan fingerprint density at radius 1 is 1.50 bits per heavy atom. The van der Waals surface area contributed by atoms with Gasteiger partial charge in [0.05, 0.1) is 5.75 Å². The van der Waals surface area contributed by atoms with E-state index in [4.69, 9.17) is 0 Å². The molecular weight excluding hydrogens is 252 g/mol. The van der Waals surface area contributed by atoms with Crippen molar-refractivity contribution in [2.24, 2.45) is 0 Å². The van der Waals surface area contributed by atoms with E-state index >= 15 is 0 Å². The summed E-state index contributed by atoms with van der Waals surface area (Å²) in [6.07, 6.45) is 4.50. The van der Waals surface area contributed by atoms with Gasteiger partial charge in [-0.05, 0) is 24.6 Å². The molecule has 0 spiro atoms. The second-order valence-corrected chi connectivity index (χ2v) is 6.20. The largest absolute Gasteiger partial charge is 0.351 e. The van der Waals surface area contributed by atoms with Crippen molar-refractivity contribution >= 4 is 15.7 Å². The van der Waals surface area contributed by atoms with Gasteiger partial charge in [-0.25, -0.2) is 8.42 Å². The van der Waals surface area contributed by atoms with Gasteiger partial charge in [0.1, 0.15) is 5.25 Å². The van der Waals surface area contributed by atoms with E-state index in [0.29, 0.717) is 0 Å². The number of amides is 1. The molecule has 1 amide bonds. The molecule has 0 aliphatic carbocycles. The van der Waals surface area contributed by atoms with E-state index in [1.165, 1.54) is 13.0 Å². The molecule has 5 nitrogen and oxygen atoms in total. The molecule has 0 aliphatic heterocycles. The van der Waals surface area contributed by atoms with Crippen molar-refractivity contribution in [2.45, 2.75) is 18.7 Å². The zero-order valence-corrected chi connectivity index (χ0v) is 11.0. The van der Waals surface area contributed by atoms with Gasteiger partial charge in [0.2, 0.25) is 5.91 Å². The van der Waals surface area contributed by atoms with Crippen LogP contribution in [0.1, 0.15) is 12.5 Å². The maximum absolute atomic E-state index is 11.7. The Kier molecular flexibility index (Phi) is 5.03.